The van der Waals surface area contributed by atoms with Crippen molar-refractivity contribution in [2.24, 2.45) is 0 Å². The molecule has 1 fully saturated rings. The average Bonchev–Trinajstić information content (AvgIpc) is 2.04. The van der Waals surface area contributed by atoms with Crippen molar-refractivity contribution in [3.63, 3.8) is 0 Å². The topological polar surface area (TPSA) is 57.6 Å². The highest BCUT2D eigenvalue weighted by molar-refractivity contribution is 8.01. The molecule has 0 radical (unpaired) electrons. The fourth-order valence-corrected chi connectivity index (χ4v) is 2.15. The minimum absolute atomic E-state index is 0.0394. The van der Waals surface area contributed by atoms with Crippen molar-refractivity contribution >= 4 is 23.6 Å². The maximum absolute atomic E-state index is 11.3. The molecule has 1 saturated heterocycles. The van der Waals surface area contributed by atoms with E-state index in [9.17, 15) is 9.59 Å². The largest absolute Gasteiger partial charge is 0.480 e. The fourth-order valence-electron chi connectivity index (χ4n) is 1.24. The van der Waals surface area contributed by atoms with Gasteiger partial charge in [0.2, 0.25) is 5.91 Å². The molecule has 0 aromatic carbocycles. The summed E-state index contributed by atoms with van der Waals surface area (Å²) in [6.07, 6.45) is 0. The van der Waals surface area contributed by atoms with Crippen LogP contribution in [-0.2, 0) is 9.59 Å². The van der Waals surface area contributed by atoms with E-state index < -0.39 is 11.2 Å². The van der Waals surface area contributed by atoms with Crippen LogP contribution in [0.25, 0.3) is 0 Å². The number of carboxylic acid groups (broad SMARTS) is 1. The second-order valence-electron chi connectivity index (χ2n) is 3.28. The first kappa shape index (κ1) is 10.4. The minimum atomic E-state index is -0.830. The molecule has 0 aromatic heterocycles. The van der Waals surface area contributed by atoms with Crippen LogP contribution in [0.5, 0.6) is 0 Å². The second kappa shape index (κ2) is 4.00. The maximum atomic E-state index is 11.3. The molecule has 4 nitrogen and oxygen atoms in total. The van der Waals surface area contributed by atoms with Crippen LogP contribution < -0.4 is 0 Å². The summed E-state index contributed by atoms with van der Waals surface area (Å²) in [5, 5.41) is 8.31. The monoisotopic (exact) mass is 203 g/mol. The molecule has 1 N–H and O–H groups in total. The number of thioether (sulfide) groups is 1. The van der Waals surface area contributed by atoms with Crippen molar-refractivity contribution in [3.8, 4) is 0 Å². The van der Waals surface area contributed by atoms with E-state index in [1.54, 1.807) is 4.90 Å². The summed E-state index contributed by atoms with van der Waals surface area (Å²) in [5.41, 5.74) is 0. The smallest absolute Gasteiger partial charge is 0.318 e. The van der Waals surface area contributed by atoms with E-state index in [4.69, 9.17) is 5.11 Å². The first-order valence-electron chi connectivity index (χ1n) is 4.16. The van der Waals surface area contributed by atoms with Gasteiger partial charge in [0.25, 0.3) is 0 Å². The number of carboxylic acids is 1. The highest BCUT2D eigenvalue weighted by atomic mass is 32.2. The van der Waals surface area contributed by atoms with Crippen molar-refractivity contribution < 1.29 is 14.7 Å². The molecule has 1 heterocycles. The number of carbonyl (C=O) groups excluding carboxylic acids is 1. The lowest BCUT2D eigenvalue weighted by molar-refractivity contribution is -0.138. The van der Waals surface area contributed by atoms with Crippen LogP contribution in [0.4, 0.5) is 0 Å². The highest BCUT2D eigenvalue weighted by Crippen LogP contribution is 2.21. The number of hydrogen-bond acceptors (Lipinski definition) is 3. The summed E-state index contributed by atoms with van der Waals surface area (Å²) < 4.78 is 0. The Balaban J connectivity index is 2.63. The Morgan fingerprint density at radius 2 is 2.31 bits per heavy atom. The molecular formula is C8H13NO3S. The first-order chi connectivity index (χ1) is 6.02. The van der Waals surface area contributed by atoms with E-state index >= 15 is 0 Å². The number of hydrogen-bond donors (Lipinski definition) is 1. The van der Waals surface area contributed by atoms with Gasteiger partial charge in [0.15, 0.2) is 0 Å². The van der Waals surface area contributed by atoms with Crippen molar-refractivity contribution in [2.45, 2.75) is 25.1 Å². The average molecular weight is 203 g/mol. The minimum Gasteiger partial charge on any atom is -0.480 e. The van der Waals surface area contributed by atoms with E-state index in [0.717, 1.165) is 0 Å². The Morgan fingerprint density at radius 3 is 2.77 bits per heavy atom. The standard InChI is InChI=1S/C8H13NO3S/c1-5(2)9-3-6(8(11)12)13-4-7(9)10/h5-6H,3-4H2,1-2H3,(H,11,12). The number of carbonyl (C=O) groups is 2. The SMILES string of the molecule is CC(C)N1CC(C(=O)O)SCC1=O. The van der Waals surface area contributed by atoms with Gasteiger partial charge in [-0.15, -0.1) is 11.8 Å². The maximum Gasteiger partial charge on any atom is 0.318 e. The normalized spacial score (nSPS) is 23.8. The number of amides is 1. The first-order valence-corrected chi connectivity index (χ1v) is 5.21. The Labute approximate surface area is 81.3 Å². The molecule has 1 aliphatic heterocycles. The van der Waals surface area contributed by atoms with Crippen LogP contribution in [0.15, 0.2) is 0 Å². The van der Waals surface area contributed by atoms with Crippen molar-refractivity contribution in [3.05, 3.63) is 0 Å². The zero-order valence-corrected chi connectivity index (χ0v) is 8.50. The predicted octanol–water partition coefficient (Wildman–Crippen LogP) is 0.423. The molecule has 0 bridgehead atoms. The Hall–Kier alpha value is -0.710. The third-order valence-corrected chi connectivity index (χ3v) is 3.16. The summed E-state index contributed by atoms with van der Waals surface area (Å²) in [5.74, 6) is -0.504. The van der Waals surface area contributed by atoms with E-state index in [2.05, 4.69) is 0 Å². The van der Waals surface area contributed by atoms with Crippen LogP contribution in [-0.4, -0.2) is 45.5 Å². The van der Waals surface area contributed by atoms with Gasteiger partial charge in [0.05, 0.1) is 5.75 Å². The summed E-state index contributed by atoms with van der Waals surface area (Å²) in [6.45, 7) is 4.12. The van der Waals surface area contributed by atoms with Gasteiger partial charge >= 0.3 is 5.97 Å². The molecule has 5 heteroatoms. The van der Waals surface area contributed by atoms with Crippen LogP contribution in [0.1, 0.15) is 13.8 Å². The quantitative estimate of drug-likeness (QED) is 0.706. The summed E-state index contributed by atoms with van der Waals surface area (Å²) in [4.78, 5) is 23.6. The van der Waals surface area contributed by atoms with E-state index in [1.165, 1.54) is 11.8 Å². The highest BCUT2D eigenvalue weighted by Gasteiger charge is 2.31. The molecule has 1 rings (SSSR count). The molecule has 74 valence electrons. The lowest BCUT2D eigenvalue weighted by atomic mass is 10.2. The van der Waals surface area contributed by atoms with Crippen molar-refractivity contribution in [1.82, 2.24) is 4.90 Å². The Kier molecular flexibility index (Phi) is 3.19. The van der Waals surface area contributed by atoms with Crippen LogP contribution >= 0.6 is 11.8 Å². The van der Waals surface area contributed by atoms with Gasteiger partial charge in [-0.3, -0.25) is 9.59 Å². The number of rotatable bonds is 2. The molecule has 1 amide bonds. The third kappa shape index (κ3) is 2.37. The van der Waals surface area contributed by atoms with Crippen molar-refractivity contribution in [1.29, 1.82) is 0 Å². The predicted molar refractivity (Wildman–Crippen MR) is 50.7 cm³/mol. The van der Waals surface area contributed by atoms with E-state index in [1.807, 2.05) is 13.8 Å². The summed E-state index contributed by atoms with van der Waals surface area (Å²) in [7, 11) is 0. The van der Waals surface area contributed by atoms with Gasteiger partial charge in [-0.05, 0) is 13.8 Å². The van der Waals surface area contributed by atoms with Gasteiger partial charge in [0, 0.05) is 12.6 Å². The summed E-state index contributed by atoms with van der Waals surface area (Å²) in [6, 6.07) is 0.0928. The molecule has 0 aromatic rings. The zero-order valence-electron chi connectivity index (χ0n) is 7.69. The lowest BCUT2D eigenvalue weighted by Gasteiger charge is -2.33. The molecule has 0 saturated carbocycles. The van der Waals surface area contributed by atoms with Gasteiger partial charge in [-0.25, -0.2) is 0 Å². The van der Waals surface area contributed by atoms with Crippen molar-refractivity contribution in [2.75, 3.05) is 12.3 Å². The lowest BCUT2D eigenvalue weighted by Crippen LogP contribution is -2.48. The van der Waals surface area contributed by atoms with Gasteiger partial charge in [-0.1, -0.05) is 0 Å². The second-order valence-corrected chi connectivity index (χ2v) is 4.47. The van der Waals surface area contributed by atoms with Crippen LogP contribution in [0, 0.1) is 0 Å². The summed E-state index contributed by atoms with van der Waals surface area (Å²) >= 11 is 1.21. The van der Waals surface area contributed by atoms with E-state index in [-0.39, 0.29) is 17.7 Å². The fraction of sp³-hybridized carbons (Fsp3) is 0.750. The number of nitrogens with zero attached hydrogens (tertiary/aromatic N) is 1. The Morgan fingerprint density at radius 1 is 1.69 bits per heavy atom. The van der Waals surface area contributed by atoms with Gasteiger partial charge in [0.1, 0.15) is 5.25 Å². The molecule has 0 spiro atoms. The molecule has 1 unspecified atom stereocenters. The van der Waals surface area contributed by atoms with Crippen LogP contribution in [0.3, 0.4) is 0 Å². The molecule has 13 heavy (non-hydrogen) atoms. The molecule has 1 aliphatic rings. The Bertz CT molecular complexity index is 229. The van der Waals surface area contributed by atoms with E-state index in [0.29, 0.717) is 6.54 Å². The zero-order chi connectivity index (χ0) is 10.0. The molecule has 1 atom stereocenters. The molecular weight excluding hydrogens is 190 g/mol. The van der Waals surface area contributed by atoms with Gasteiger partial charge < -0.3 is 10.0 Å². The van der Waals surface area contributed by atoms with Gasteiger partial charge in [-0.2, -0.15) is 0 Å². The van der Waals surface area contributed by atoms with Crippen LogP contribution in [0.2, 0.25) is 0 Å². The molecule has 0 aliphatic carbocycles. The number of aliphatic carboxylic acids is 1. The third-order valence-electron chi connectivity index (χ3n) is 1.99.